The van der Waals surface area contributed by atoms with E-state index >= 15 is 0 Å². The van der Waals surface area contributed by atoms with Gasteiger partial charge in [-0.3, -0.25) is 5.43 Å². The van der Waals surface area contributed by atoms with Crippen LogP contribution in [-0.4, -0.2) is 31.1 Å². The first-order valence-electron chi connectivity index (χ1n) is 6.85. The van der Waals surface area contributed by atoms with Gasteiger partial charge in [-0.15, -0.1) is 0 Å². The standard InChI is InChI=1S/C15H23N3OS/c1-4-19-9-5-8-16-15(20)18-17-11-14-7-6-12(2)10-13(14)3/h6-7,10-11H,4-5,8-9H2,1-3H3,(H2,16,18,20)/b17-11-. The summed E-state index contributed by atoms with van der Waals surface area (Å²) in [6, 6.07) is 6.25. The molecule has 4 nitrogen and oxygen atoms in total. The van der Waals surface area contributed by atoms with Gasteiger partial charge in [-0.1, -0.05) is 23.8 Å². The molecule has 0 fully saturated rings. The van der Waals surface area contributed by atoms with Crippen LogP contribution in [0.25, 0.3) is 0 Å². The number of thiocarbonyl (C=S) groups is 1. The van der Waals surface area contributed by atoms with Crippen molar-refractivity contribution in [3.63, 3.8) is 0 Å². The Balaban J connectivity index is 2.28. The predicted octanol–water partition coefficient (Wildman–Crippen LogP) is 2.53. The lowest BCUT2D eigenvalue weighted by Crippen LogP contribution is -2.33. The molecule has 2 N–H and O–H groups in total. The summed E-state index contributed by atoms with van der Waals surface area (Å²) in [5.74, 6) is 0. The third-order valence-electron chi connectivity index (χ3n) is 2.75. The molecule has 0 bridgehead atoms. The van der Waals surface area contributed by atoms with Crippen molar-refractivity contribution in [2.24, 2.45) is 5.10 Å². The van der Waals surface area contributed by atoms with Crippen molar-refractivity contribution >= 4 is 23.5 Å². The Labute approximate surface area is 126 Å². The zero-order chi connectivity index (χ0) is 14.8. The molecule has 0 aliphatic rings. The number of hydrazone groups is 1. The first kappa shape index (κ1) is 16.6. The van der Waals surface area contributed by atoms with E-state index < -0.39 is 0 Å². The topological polar surface area (TPSA) is 45.6 Å². The van der Waals surface area contributed by atoms with Crippen LogP contribution in [0.2, 0.25) is 0 Å². The molecular weight excluding hydrogens is 270 g/mol. The Morgan fingerprint density at radius 1 is 1.40 bits per heavy atom. The second-order valence-corrected chi connectivity index (χ2v) is 4.94. The Hall–Kier alpha value is -1.46. The second kappa shape index (κ2) is 9.44. The van der Waals surface area contributed by atoms with Gasteiger partial charge >= 0.3 is 0 Å². The second-order valence-electron chi connectivity index (χ2n) is 4.54. The molecule has 1 aromatic carbocycles. The summed E-state index contributed by atoms with van der Waals surface area (Å²) in [7, 11) is 0. The Kier molecular flexibility index (Phi) is 7.84. The molecule has 20 heavy (non-hydrogen) atoms. The number of nitrogens with zero attached hydrogens (tertiary/aromatic N) is 1. The van der Waals surface area contributed by atoms with Gasteiger partial charge in [0.2, 0.25) is 0 Å². The maximum absolute atomic E-state index is 5.24. The molecular formula is C15H23N3OS. The van der Waals surface area contributed by atoms with E-state index in [9.17, 15) is 0 Å². The molecule has 0 aliphatic carbocycles. The smallest absolute Gasteiger partial charge is 0.186 e. The van der Waals surface area contributed by atoms with Crippen molar-refractivity contribution in [2.45, 2.75) is 27.2 Å². The average Bonchev–Trinajstić information content (AvgIpc) is 2.41. The van der Waals surface area contributed by atoms with Crippen molar-refractivity contribution in [1.29, 1.82) is 0 Å². The summed E-state index contributed by atoms with van der Waals surface area (Å²) in [4.78, 5) is 0. The van der Waals surface area contributed by atoms with Gasteiger partial charge < -0.3 is 10.1 Å². The third kappa shape index (κ3) is 6.63. The monoisotopic (exact) mass is 293 g/mol. The van der Waals surface area contributed by atoms with Crippen LogP contribution in [0.5, 0.6) is 0 Å². The van der Waals surface area contributed by atoms with Crippen LogP contribution in [0.4, 0.5) is 0 Å². The van der Waals surface area contributed by atoms with E-state index in [-0.39, 0.29) is 0 Å². The van der Waals surface area contributed by atoms with Crippen molar-refractivity contribution in [3.05, 3.63) is 34.9 Å². The molecule has 0 heterocycles. The van der Waals surface area contributed by atoms with E-state index in [0.29, 0.717) is 5.11 Å². The summed E-state index contributed by atoms with van der Waals surface area (Å²) >= 11 is 5.12. The number of hydrogen-bond donors (Lipinski definition) is 2. The number of rotatable bonds is 7. The summed E-state index contributed by atoms with van der Waals surface area (Å²) < 4.78 is 5.24. The highest BCUT2D eigenvalue weighted by atomic mass is 32.1. The highest BCUT2D eigenvalue weighted by Gasteiger charge is 1.96. The predicted molar refractivity (Wildman–Crippen MR) is 88.4 cm³/mol. The van der Waals surface area contributed by atoms with Gasteiger partial charge in [-0.05, 0) is 50.5 Å². The van der Waals surface area contributed by atoms with E-state index in [1.165, 1.54) is 11.1 Å². The molecule has 0 aliphatic heterocycles. The van der Waals surface area contributed by atoms with E-state index in [4.69, 9.17) is 17.0 Å². The number of hydrogen-bond acceptors (Lipinski definition) is 3. The molecule has 110 valence electrons. The minimum atomic E-state index is 0.530. The van der Waals surface area contributed by atoms with Gasteiger partial charge in [0.25, 0.3) is 0 Å². The summed E-state index contributed by atoms with van der Waals surface area (Å²) in [5.41, 5.74) is 6.35. The van der Waals surface area contributed by atoms with Crippen molar-refractivity contribution in [2.75, 3.05) is 19.8 Å². The Bertz CT molecular complexity index is 460. The van der Waals surface area contributed by atoms with Crippen LogP contribution >= 0.6 is 12.2 Å². The van der Waals surface area contributed by atoms with Crippen molar-refractivity contribution in [1.82, 2.24) is 10.7 Å². The fraction of sp³-hybridized carbons (Fsp3) is 0.467. The lowest BCUT2D eigenvalue weighted by molar-refractivity contribution is 0.145. The molecule has 1 rings (SSSR count). The van der Waals surface area contributed by atoms with E-state index in [1.54, 1.807) is 6.21 Å². The van der Waals surface area contributed by atoms with Crippen molar-refractivity contribution in [3.8, 4) is 0 Å². The maximum atomic E-state index is 5.24. The van der Waals surface area contributed by atoms with Crippen LogP contribution in [0, 0.1) is 13.8 Å². The van der Waals surface area contributed by atoms with Gasteiger partial charge in [0.15, 0.2) is 5.11 Å². The molecule has 0 atom stereocenters. The third-order valence-corrected chi connectivity index (χ3v) is 2.99. The zero-order valence-corrected chi connectivity index (χ0v) is 13.2. The number of aryl methyl sites for hydroxylation is 2. The van der Waals surface area contributed by atoms with Gasteiger partial charge in [0, 0.05) is 19.8 Å². The molecule has 0 saturated carbocycles. The fourth-order valence-corrected chi connectivity index (χ4v) is 1.85. The minimum Gasteiger partial charge on any atom is -0.382 e. The lowest BCUT2D eigenvalue weighted by atomic mass is 10.1. The highest BCUT2D eigenvalue weighted by Crippen LogP contribution is 2.07. The van der Waals surface area contributed by atoms with Crippen LogP contribution < -0.4 is 10.7 Å². The zero-order valence-electron chi connectivity index (χ0n) is 12.4. The quantitative estimate of drug-likeness (QED) is 0.351. The average molecular weight is 293 g/mol. The normalized spacial score (nSPS) is 10.8. The van der Waals surface area contributed by atoms with Gasteiger partial charge in [-0.2, -0.15) is 5.10 Å². The lowest BCUT2D eigenvalue weighted by Gasteiger charge is -2.07. The molecule has 5 heteroatoms. The van der Waals surface area contributed by atoms with Crippen LogP contribution in [0.3, 0.4) is 0 Å². The molecule has 1 aromatic rings. The summed E-state index contributed by atoms with van der Waals surface area (Å²) in [6.45, 7) is 8.42. The van der Waals surface area contributed by atoms with E-state index in [0.717, 1.165) is 31.7 Å². The molecule has 0 radical (unpaired) electrons. The maximum Gasteiger partial charge on any atom is 0.186 e. The van der Waals surface area contributed by atoms with Gasteiger partial charge in [0.05, 0.1) is 6.21 Å². The summed E-state index contributed by atoms with van der Waals surface area (Å²) in [6.07, 6.45) is 2.71. The van der Waals surface area contributed by atoms with Gasteiger partial charge in [-0.25, -0.2) is 0 Å². The molecule has 0 spiro atoms. The Morgan fingerprint density at radius 3 is 2.90 bits per heavy atom. The number of nitrogens with one attached hydrogen (secondary N) is 2. The van der Waals surface area contributed by atoms with Gasteiger partial charge in [0.1, 0.15) is 0 Å². The highest BCUT2D eigenvalue weighted by molar-refractivity contribution is 7.80. The molecule has 0 amide bonds. The SMILES string of the molecule is CCOCCCNC(=S)N/N=C\c1ccc(C)cc1C. The fourth-order valence-electron chi connectivity index (χ4n) is 1.69. The van der Waals surface area contributed by atoms with E-state index in [2.05, 4.69) is 47.9 Å². The summed E-state index contributed by atoms with van der Waals surface area (Å²) in [5, 5.41) is 7.75. The first-order valence-corrected chi connectivity index (χ1v) is 7.26. The molecule has 0 aromatic heterocycles. The number of benzene rings is 1. The van der Waals surface area contributed by atoms with Crippen LogP contribution in [-0.2, 0) is 4.74 Å². The van der Waals surface area contributed by atoms with Crippen LogP contribution in [0.1, 0.15) is 30.0 Å². The van der Waals surface area contributed by atoms with E-state index in [1.807, 2.05) is 6.92 Å². The Morgan fingerprint density at radius 2 is 2.20 bits per heavy atom. The van der Waals surface area contributed by atoms with Crippen molar-refractivity contribution < 1.29 is 4.74 Å². The molecule has 0 saturated heterocycles. The minimum absolute atomic E-state index is 0.530. The molecule has 0 unspecified atom stereocenters. The first-order chi connectivity index (χ1) is 9.63. The van der Waals surface area contributed by atoms with Crippen LogP contribution in [0.15, 0.2) is 23.3 Å². The number of ether oxygens (including phenoxy) is 1. The largest absolute Gasteiger partial charge is 0.382 e.